The highest BCUT2D eigenvalue weighted by Crippen LogP contribution is 2.32. The van der Waals surface area contributed by atoms with E-state index in [-0.39, 0.29) is 5.78 Å². The minimum absolute atomic E-state index is 0.320. The van der Waals surface area contributed by atoms with E-state index in [0.29, 0.717) is 28.4 Å². The van der Waals surface area contributed by atoms with Crippen LogP contribution < -0.4 is 9.47 Å². The van der Waals surface area contributed by atoms with Gasteiger partial charge in [-0.3, -0.25) is 4.79 Å². The largest absolute Gasteiger partial charge is 0.497 e. The second-order valence-electron chi connectivity index (χ2n) is 6.40. The SMILES string of the molecule is COc1cc(OC)cc(C(OC(=O)SCc2ccccc2)C(=O)c2ccccc2)c1. The number of hydrogen-bond acceptors (Lipinski definition) is 6. The smallest absolute Gasteiger partial charge is 0.368 e. The molecule has 0 radical (unpaired) electrons. The molecule has 3 aromatic rings. The molecule has 0 bridgehead atoms. The van der Waals surface area contributed by atoms with Crippen LogP contribution in [0.1, 0.15) is 27.6 Å². The normalized spacial score (nSPS) is 11.4. The van der Waals surface area contributed by atoms with Gasteiger partial charge in [0.15, 0.2) is 6.10 Å². The van der Waals surface area contributed by atoms with E-state index >= 15 is 0 Å². The maximum Gasteiger partial charge on any atom is 0.368 e. The molecule has 30 heavy (non-hydrogen) atoms. The zero-order chi connectivity index (χ0) is 21.3. The van der Waals surface area contributed by atoms with Gasteiger partial charge in [0.25, 0.3) is 0 Å². The highest BCUT2D eigenvalue weighted by atomic mass is 32.2. The zero-order valence-corrected chi connectivity index (χ0v) is 17.6. The van der Waals surface area contributed by atoms with Gasteiger partial charge in [0.05, 0.1) is 14.2 Å². The van der Waals surface area contributed by atoms with Gasteiger partial charge in [-0.25, -0.2) is 4.79 Å². The van der Waals surface area contributed by atoms with Crippen LogP contribution in [0.25, 0.3) is 0 Å². The first-order valence-electron chi connectivity index (χ1n) is 9.30. The number of Topliss-reactive ketones (excluding diaryl/α,β-unsaturated/α-hetero) is 1. The van der Waals surface area contributed by atoms with Gasteiger partial charge < -0.3 is 14.2 Å². The first-order valence-corrected chi connectivity index (χ1v) is 10.3. The molecule has 154 valence electrons. The summed E-state index contributed by atoms with van der Waals surface area (Å²) in [6.45, 7) is 0. The van der Waals surface area contributed by atoms with Crippen molar-refractivity contribution >= 4 is 22.8 Å². The maximum atomic E-state index is 13.2. The molecule has 6 heteroatoms. The van der Waals surface area contributed by atoms with Crippen LogP contribution in [0.5, 0.6) is 11.5 Å². The van der Waals surface area contributed by atoms with Crippen molar-refractivity contribution in [3.63, 3.8) is 0 Å². The second kappa shape index (κ2) is 10.5. The zero-order valence-electron chi connectivity index (χ0n) is 16.7. The summed E-state index contributed by atoms with van der Waals surface area (Å²) >= 11 is 1.01. The monoisotopic (exact) mass is 422 g/mol. The van der Waals surface area contributed by atoms with E-state index < -0.39 is 11.4 Å². The topological polar surface area (TPSA) is 61.8 Å². The fourth-order valence-corrected chi connectivity index (χ4v) is 3.50. The summed E-state index contributed by atoms with van der Waals surface area (Å²) in [5.41, 5.74) is 1.92. The Hall–Kier alpha value is -3.25. The molecule has 0 N–H and O–H groups in total. The molecule has 0 aliphatic rings. The molecule has 0 aromatic heterocycles. The fraction of sp³-hybridized carbons (Fsp3) is 0.167. The first kappa shape index (κ1) is 21.5. The lowest BCUT2D eigenvalue weighted by Crippen LogP contribution is -2.18. The van der Waals surface area contributed by atoms with Crippen molar-refractivity contribution in [2.45, 2.75) is 11.9 Å². The minimum atomic E-state index is -1.12. The lowest BCUT2D eigenvalue weighted by Gasteiger charge is -2.19. The molecule has 5 nitrogen and oxygen atoms in total. The summed E-state index contributed by atoms with van der Waals surface area (Å²) in [5.74, 6) is 1.14. The van der Waals surface area contributed by atoms with Crippen molar-refractivity contribution in [3.05, 3.63) is 95.6 Å². The van der Waals surface area contributed by atoms with E-state index in [1.165, 1.54) is 14.2 Å². The molecule has 1 unspecified atom stereocenters. The van der Waals surface area contributed by atoms with E-state index in [2.05, 4.69) is 0 Å². The number of hydrogen-bond donors (Lipinski definition) is 0. The standard InChI is InChI=1S/C24H22O5S/c1-27-20-13-19(14-21(15-20)28-2)23(22(25)18-11-7-4-8-12-18)29-24(26)30-16-17-9-5-3-6-10-17/h3-15,23H,16H2,1-2H3. The average molecular weight is 423 g/mol. The number of benzene rings is 3. The molecule has 0 spiro atoms. The van der Waals surface area contributed by atoms with Crippen molar-refractivity contribution < 1.29 is 23.8 Å². The number of carbonyl (C=O) groups is 2. The summed E-state index contributed by atoms with van der Waals surface area (Å²) in [5, 5.41) is -0.532. The molecule has 0 amide bonds. The third-order valence-electron chi connectivity index (χ3n) is 4.39. The van der Waals surface area contributed by atoms with Crippen LogP contribution in [-0.4, -0.2) is 25.3 Å². The van der Waals surface area contributed by atoms with Crippen LogP contribution in [-0.2, 0) is 10.5 Å². The second-order valence-corrected chi connectivity index (χ2v) is 7.31. The van der Waals surface area contributed by atoms with Crippen molar-refractivity contribution in [3.8, 4) is 11.5 Å². The van der Waals surface area contributed by atoms with E-state index in [4.69, 9.17) is 14.2 Å². The van der Waals surface area contributed by atoms with E-state index in [1.54, 1.807) is 42.5 Å². The van der Waals surface area contributed by atoms with Gasteiger partial charge in [0, 0.05) is 22.9 Å². The Balaban J connectivity index is 1.86. The Bertz CT molecular complexity index is 967. The Morgan fingerprint density at radius 1 is 0.833 bits per heavy atom. The van der Waals surface area contributed by atoms with Gasteiger partial charge >= 0.3 is 5.30 Å². The number of rotatable bonds is 8. The lowest BCUT2D eigenvalue weighted by molar-refractivity contribution is 0.0695. The van der Waals surface area contributed by atoms with Gasteiger partial charge in [-0.15, -0.1) is 0 Å². The van der Waals surface area contributed by atoms with Gasteiger partial charge in [0.1, 0.15) is 11.5 Å². The summed E-state index contributed by atoms with van der Waals surface area (Å²) in [7, 11) is 3.04. The van der Waals surface area contributed by atoms with Crippen LogP contribution in [0.3, 0.4) is 0 Å². The Morgan fingerprint density at radius 3 is 1.97 bits per heavy atom. The lowest BCUT2D eigenvalue weighted by atomic mass is 9.99. The Labute approximate surface area is 180 Å². The van der Waals surface area contributed by atoms with Gasteiger partial charge in [-0.2, -0.15) is 0 Å². The Morgan fingerprint density at radius 2 is 1.40 bits per heavy atom. The van der Waals surface area contributed by atoms with Gasteiger partial charge in [-0.05, 0) is 29.5 Å². The molecule has 3 rings (SSSR count). The molecule has 0 aliphatic heterocycles. The molecule has 1 atom stereocenters. The third-order valence-corrected chi connectivity index (χ3v) is 5.20. The quantitative estimate of drug-likeness (QED) is 0.343. The van der Waals surface area contributed by atoms with Crippen molar-refractivity contribution in [1.82, 2.24) is 0 Å². The fourth-order valence-electron chi connectivity index (χ4n) is 2.85. The molecule has 3 aromatic carbocycles. The van der Waals surface area contributed by atoms with Gasteiger partial charge in [-0.1, -0.05) is 60.7 Å². The van der Waals surface area contributed by atoms with Crippen LogP contribution in [0.4, 0.5) is 4.79 Å². The van der Waals surface area contributed by atoms with Crippen LogP contribution in [0, 0.1) is 0 Å². The van der Waals surface area contributed by atoms with Crippen molar-refractivity contribution in [2.24, 2.45) is 0 Å². The number of ketones is 1. The number of methoxy groups -OCH3 is 2. The number of carbonyl (C=O) groups excluding carboxylic acids is 2. The molecule has 0 aliphatic carbocycles. The van der Waals surface area contributed by atoms with E-state index in [0.717, 1.165) is 17.3 Å². The van der Waals surface area contributed by atoms with Crippen LogP contribution >= 0.6 is 11.8 Å². The molecular formula is C24H22O5S. The maximum absolute atomic E-state index is 13.2. The average Bonchev–Trinajstić information content (AvgIpc) is 2.81. The number of ether oxygens (including phenoxy) is 3. The highest BCUT2D eigenvalue weighted by Gasteiger charge is 2.27. The molecule has 0 saturated carbocycles. The third kappa shape index (κ3) is 5.64. The first-order chi connectivity index (χ1) is 14.6. The highest BCUT2D eigenvalue weighted by molar-refractivity contribution is 8.12. The van der Waals surface area contributed by atoms with E-state index in [1.807, 2.05) is 36.4 Å². The summed E-state index contributed by atoms with van der Waals surface area (Å²) in [6.07, 6.45) is -1.12. The van der Waals surface area contributed by atoms with Crippen LogP contribution in [0.15, 0.2) is 78.9 Å². The predicted octanol–water partition coefficient (Wildman–Crippen LogP) is 5.70. The summed E-state index contributed by atoms with van der Waals surface area (Å²) in [4.78, 5) is 25.8. The summed E-state index contributed by atoms with van der Waals surface area (Å²) < 4.78 is 16.2. The van der Waals surface area contributed by atoms with Crippen molar-refractivity contribution in [2.75, 3.05) is 14.2 Å². The molecule has 0 fully saturated rings. The van der Waals surface area contributed by atoms with Crippen molar-refractivity contribution in [1.29, 1.82) is 0 Å². The minimum Gasteiger partial charge on any atom is -0.497 e. The Kier molecular flexibility index (Phi) is 7.51. The molecule has 0 saturated heterocycles. The predicted molar refractivity (Wildman–Crippen MR) is 117 cm³/mol. The molecule has 0 heterocycles. The number of thioether (sulfide) groups is 1. The van der Waals surface area contributed by atoms with Crippen LogP contribution in [0.2, 0.25) is 0 Å². The summed E-state index contributed by atoms with van der Waals surface area (Å²) in [6, 6.07) is 23.4. The van der Waals surface area contributed by atoms with Gasteiger partial charge in [0.2, 0.25) is 5.78 Å². The molecular weight excluding hydrogens is 400 g/mol. The van der Waals surface area contributed by atoms with E-state index in [9.17, 15) is 9.59 Å².